The van der Waals surface area contributed by atoms with Gasteiger partial charge < -0.3 is 9.84 Å². The van der Waals surface area contributed by atoms with Crippen LogP contribution in [0.5, 0.6) is 11.5 Å². The molecule has 2 N–H and O–H groups in total. The van der Waals surface area contributed by atoms with Gasteiger partial charge in [0, 0.05) is 17.2 Å². The lowest BCUT2D eigenvalue weighted by molar-refractivity contribution is -0.385. The highest BCUT2D eigenvalue weighted by Crippen LogP contribution is 2.33. The van der Waals surface area contributed by atoms with Crippen LogP contribution >= 0.6 is 0 Å². The van der Waals surface area contributed by atoms with Crippen molar-refractivity contribution in [2.75, 3.05) is 7.11 Å². The molecule has 8 heteroatoms. The fourth-order valence-corrected chi connectivity index (χ4v) is 1.79. The number of carbonyl (C=O) groups excluding carboxylic acids is 1. The van der Waals surface area contributed by atoms with E-state index in [1.165, 1.54) is 7.11 Å². The molecular weight excluding hydrogens is 302 g/mol. The number of hydrazone groups is 1. The Labute approximate surface area is 131 Å². The lowest BCUT2D eigenvalue weighted by atomic mass is 10.2. The fraction of sp³-hybridized carbons (Fsp3) is 0.0667. The standard InChI is InChI=1S/C15H13N3O5/c1-23-13-8-12(18(21)22)7-11(14(13)19)9-16-17-15(20)10-5-3-2-4-6-10/h2-9,19H,1H3,(H,17,20)/b16-9-. The molecule has 0 radical (unpaired) electrons. The van der Waals surface area contributed by atoms with Crippen molar-refractivity contribution in [2.45, 2.75) is 0 Å². The van der Waals surface area contributed by atoms with Gasteiger partial charge in [0.25, 0.3) is 11.6 Å². The Bertz CT molecular complexity index is 759. The summed E-state index contributed by atoms with van der Waals surface area (Å²) in [5.41, 5.74) is 2.46. The summed E-state index contributed by atoms with van der Waals surface area (Å²) < 4.78 is 4.87. The quantitative estimate of drug-likeness (QED) is 0.498. The minimum atomic E-state index is -0.623. The molecule has 0 aliphatic heterocycles. The largest absolute Gasteiger partial charge is 0.504 e. The summed E-state index contributed by atoms with van der Waals surface area (Å²) in [4.78, 5) is 22.0. The molecule has 0 unspecified atom stereocenters. The molecule has 23 heavy (non-hydrogen) atoms. The Kier molecular flexibility index (Phi) is 4.88. The van der Waals surface area contributed by atoms with E-state index in [-0.39, 0.29) is 22.7 Å². The van der Waals surface area contributed by atoms with Crippen LogP contribution in [0.2, 0.25) is 0 Å². The van der Waals surface area contributed by atoms with Gasteiger partial charge in [-0.1, -0.05) is 18.2 Å². The lowest BCUT2D eigenvalue weighted by Gasteiger charge is -2.06. The molecule has 0 atom stereocenters. The van der Waals surface area contributed by atoms with Crippen LogP contribution in [0.15, 0.2) is 47.6 Å². The van der Waals surface area contributed by atoms with Gasteiger partial charge in [-0.2, -0.15) is 5.10 Å². The number of hydrogen-bond acceptors (Lipinski definition) is 6. The van der Waals surface area contributed by atoms with Gasteiger partial charge in [0.1, 0.15) is 0 Å². The second kappa shape index (κ2) is 7.03. The number of rotatable bonds is 5. The molecular formula is C15H13N3O5. The molecule has 2 rings (SSSR count). The number of ether oxygens (including phenoxy) is 1. The number of aromatic hydroxyl groups is 1. The van der Waals surface area contributed by atoms with Gasteiger partial charge in [-0.25, -0.2) is 5.43 Å². The van der Waals surface area contributed by atoms with Crippen molar-refractivity contribution in [3.8, 4) is 11.5 Å². The topological polar surface area (TPSA) is 114 Å². The molecule has 2 aromatic carbocycles. The third-order valence-electron chi connectivity index (χ3n) is 2.93. The second-order valence-electron chi connectivity index (χ2n) is 4.41. The summed E-state index contributed by atoms with van der Waals surface area (Å²) in [5.74, 6) is -0.815. The lowest BCUT2D eigenvalue weighted by Crippen LogP contribution is -2.17. The Morgan fingerprint density at radius 3 is 2.65 bits per heavy atom. The molecule has 0 aliphatic carbocycles. The van der Waals surface area contributed by atoms with E-state index in [1.54, 1.807) is 30.3 Å². The van der Waals surface area contributed by atoms with Crippen molar-refractivity contribution in [1.29, 1.82) is 0 Å². The number of methoxy groups -OCH3 is 1. The van der Waals surface area contributed by atoms with Crippen LogP contribution in [0.25, 0.3) is 0 Å². The predicted molar refractivity (Wildman–Crippen MR) is 82.8 cm³/mol. The Balaban J connectivity index is 2.20. The molecule has 118 valence electrons. The predicted octanol–water partition coefficient (Wildman–Crippen LogP) is 2.07. The third-order valence-corrected chi connectivity index (χ3v) is 2.93. The maximum atomic E-state index is 11.8. The van der Waals surface area contributed by atoms with Crippen molar-refractivity contribution in [1.82, 2.24) is 5.43 Å². The highest BCUT2D eigenvalue weighted by Gasteiger charge is 2.15. The maximum Gasteiger partial charge on any atom is 0.274 e. The Hall–Kier alpha value is -3.42. The number of benzene rings is 2. The monoisotopic (exact) mass is 315 g/mol. The van der Waals surface area contributed by atoms with E-state index in [0.717, 1.165) is 18.3 Å². The molecule has 0 heterocycles. The average molecular weight is 315 g/mol. The molecule has 0 saturated heterocycles. The fourth-order valence-electron chi connectivity index (χ4n) is 1.79. The van der Waals surface area contributed by atoms with Crippen molar-refractivity contribution in [3.63, 3.8) is 0 Å². The van der Waals surface area contributed by atoms with Gasteiger partial charge in [-0.05, 0) is 12.1 Å². The van der Waals surface area contributed by atoms with E-state index >= 15 is 0 Å². The van der Waals surface area contributed by atoms with Gasteiger partial charge in [-0.3, -0.25) is 14.9 Å². The van der Waals surface area contributed by atoms with Crippen LogP contribution in [0.3, 0.4) is 0 Å². The zero-order valence-electron chi connectivity index (χ0n) is 12.1. The summed E-state index contributed by atoms with van der Waals surface area (Å²) in [6, 6.07) is 10.6. The van der Waals surface area contributed by atoms with Crippen molar-refractivity contribution < 1.29 is 19.6 Å². The first-order chi connectivity index (χ1) is 11.0. The smallest absolute Gasteiger partial charge is 0.274 e. The van der Waals surface area contributed by atoms with Crippen LogP contribution in [0.1, 0.15) is 15.9 Å². The number of amides is 1. The number of phenolic OH excluding ortho intramolecular Hbond substituents is 1. The molecule has 2 aromatic rings. The van der Waals surface area contributed by atoms with Crippen molar-refractivity contribution in [3.05, 3.63) is 63.7 Å². The van der Waals surface area contributed by atoms with E-state index in [1.807, 2.05) is 0 Å². The van der Waals surface area contributed by atoms with E-state index in [9.17, 15) is 20.0 Å². The van der Waals surface area contributed by atoms with Gasteiger partial charge in [0.2, 0.25) is 0 Å². The highest BCUT2D eigenvalue weighted by molar-refractivity contribution is 5.95. The summed E-state index contributed by atoms with van der Waals surface area (Å²) in [6.07, 6.45) is 1.10. The first-order valence-electron chi connectivity index (χ1n) is 6.46. The van der Waals surface area contributed by atoms with Crippen LogP contribution < -0.4 is 10.2 Å². The maximum absolute atomic E-state index is 11.8. The second-order valence-corrected chi connectivity index (χ2v) is 4.41. The summed E-state index contributed by atoms with van der Waals surface area (Å²) in [7, 11) is 1.27. The SMILES string of the molecule is COc1cc([N+](=O)[O-])cc(/C=N\NC(=O)c2ccccc2)c1O. The van der Waals surface area contributed by atoms with E-state index in [0.29, 0.717) is 5.56 Å². The molecule has 8 nitrogen and oxygen atoms in total. The van der Waals surface area contributed by atoms with Crippen LogP contribution in [-0.2, 0) is 0 Å². The third kappa shape index (κ3) is 3.82. The molecule has 0 bridgehead atoms. The molecule has 0 saturated carbocycles. The number of phenols is 1. The minimum absolute atomic E-state index is 0.0458. The number of carbonyl (C=O) groups is 1. The number of non-ortho nitro benzene ring substituents is 1. The van der Waals surface area contributed by atoms with Crippen LogP contribution in [0.4, 0.5) is 5.69 Å². The van der Waals surface area contributed by atoms with Gasteiger partial charge in [0.05, 0.1) is 24.3 Å². The zero-order chi connectivity index (χ0) is 16.8. The number of nitrogens with zero attached hydrogens (tertiary/aromatic N) is 2. The number of nitro benzene ring substituents is 1. The summed E-state index contributed by atoms with van der Waals surface area (Å²) >= 11 is 0. The van der Waals surface area contributed by atoms with Crippen molar-refractivity contribution in [2.24, 2.45) is 5.10 Å². The zero-order valence-corrected chi connectivity index (χ0v) is 12.1. The molecule has 1 amide bonds. The van der Waals surface area contributed by atoms with E-state index in [2.05, 4.69) is 10.5 Å². The summed E-state index contributed by atoms with van der Waals surface area (Å²) in [6.45, 7) is 0. The number of hydrogen-bond donors (Lipinski definition) is 2. The van der Waals surface area contributed by atoms with Gasteiger partial charge in [-0.15, -0.1) is 0 Å². The molecule has 0 aliphatic rings. The molecule has 0 fully saturated rings. The Morgan fingerprint density at radius 2 is 2.04 bits per heavy atom. The van der Waals surface area contributed by atoms with E-state index in [4.69, 9.17) is 4.74 Å². The van der Waals surface area contributed by atoms with Crippen LogP contribution in [-0.4, -0.2) is 29.3 Å². The Morgan fingerprint density at radius 1 is 1.35 bits per heavy atom. The number of nitro groups is 1. The molecule has 0 aromatic heterocycles. The number of nitrogens with one attached hydrogen (secondary N) is 1. The van der Waals surface area contributed by atoms with Gasteiger partial charge >= 0.3 is 0 Å². The minimum Gasteiger partial charge on any atom is -0.504 e. The first kappa shape index (κ1) is 16.0. The average Bonchev–Trinajstić information content (AvgIpc) is 2.56. The van der Waals surface area contributed by atoms with Crippen LogP contribution in [0, 0.1) is 10.1 Å². The summed E-state index contributed by atoms with van der Waals surface area (Å²) in [5, 5.41) is 24.5. The van der Waals surface area contributed by atoms with Gasteiger partial charge in [0.15, 0.2) is 11.5 Å². The van der Waals surface area contributed by atoms with E-state index < -0.39 is 10.8 Å². The normalized spacial score (nSPS) is 10.5. The highest BCUT2D eigenvalue weighted by atomic mass is 16.6. The molecule has 0 spiro atoms. The first-order valence-corrected chi connectivity index (χ1v) is 6.46. The van der Waals surface area contributed by atoms with Crippen molar-refractivity contribution >= 4 is 17.8 Å².